The normalized spacial score (nSPS) is 18.9. The van der Waals surface area contributed by atoms with Gasteiger partial charge in [0.1, 0.15) is 12.4 Å². The van der Waals surface area contributed by atoms with E-state index in [9.17, 15) is 4.79 Å². The summed E-state index contributed by atoms with van der Waals surface area (Å²) in [6.07, 6.45) is 2.08. The minimum Gasteiger partial charge on any atom is -0.490 e. The van der Waals surface area contributed by atoms with Gasteiger partial charge in [-0.2, -0.15) is 0 Å². The Morgan fingerprint density at radius 1 is 1.44 bits per heavy atom. The predicted molar refractivity (Wildman–Crippen MR) is 64.7 cm³/mol. The van der Waals surface area contributed by atoms with E-state index in [2.05, 4.69) is 15.9 Å². The largest absolute Gasteiger partial charge is 0.490 e. The molecule has 1 heterocycles. The van der Waals surface area contributed by atoms with E-state index in [0.717, 1.165) is 28.8 Å². The summed E-state index contributed by atoms with van der Waals surface area (Å²) < 4.78 is 6.52. The number of fused-ring (bicyclic) bond motifs is 1. The molecule has 0 bridgehead atoms. The Labute approximate surface area is 103 Å². The molecule has 1 aromatic carbocycles. The fourth-order valence-electron chi connectivity index (χ4n) is 1.97. The first-order chi connectivity index (χ1) is 7.75. The third kappa shape index (κ3) is 1.71. The Kier molecular flexibility index (Phi) is 2.39. The fourth-order valence-corrected chi connectivity index (χ4v) is 2.32. The van der Waals surface area contributed by atoms with Gasteiger partial charge < -0.3 is 9.64 Å². The lowest BCUT2D eigenvalue weighted by Crippen LogP contribution is -2.38. The third-order valence-corrected chi connectivity index (χ3v) is 3.47. The molecule has 0 radical (unpaired) electrons. The quantitative estimate of drug-likeness (QED) is 0.792. The number of amides is 1. The molecular weight excluding hydrogens is 270 g/mol. The summed E-state index contributed by atoms with van der Waals surface area (Å²) >= 11 is 3.43. The molecule has 3 rings (SSSR count). The van der Waals surface area contributed by atoms with Gasteiger partial charge in [-0.25, -0.2) is 0 Å². The number of carbonyl (C=O) groups is 1. The van der Waals surface area contributed by atoms with E-state index in [-0.39, 0.29) is 11.8 Å². The Bertz CT molecular complexity index is 443. The van der Waals surface area contributed by atoms with E-state index in [1.165, 1.54) is 0 Å². The highest BCUT2D eigenvalue weighted by Gasteiger charge is 2.36. The van der Waals surface area contributed by atoms with Crippen molar-refractivity contribution in [2.45, 2.75) is 12.8 Å². The van der Waals surface area contributed by atoms with E-state index >= 15 is 0 Å². The lowest BCUT2D eigenvalue weighted by atomic mass is 10.2. The summed E-state index contributed by atoms with van der Waals surface area (Å²) in [5.41, 5.74) is 0.900. The van der Waals surface area contributed by atoms with Gasteiger partial charge in [-0.3, -0.25) is 4.79 Å². The van der Waals surface area contributed by atoms with Crippen molar-refractivity contribution in [2.75, 3.05) is 18.1 Å². The summed E-state index contributed by atoms with van der Waals surface area (Å²) in [5.74, 6) is 1.32. The Hall–Kier alpha value is -1.03. The molecule has 0 unspecified atom stereocenters. The fraction of sp³-hybridized carbons (Fsp3) is 0.417. The first kappa shape index (κ1) is 10.1. The van der Waals surface area contributed by atoms with Crippen LogP contribution in [-0.2, 0) is 4.79 Å². The van der Waals surface area contributed by atoms with Gasteiger partial charge in [0, 0.05) is 10.4 Å². The molecule has 0 atom stereocenters. The van der Waals surface area contributed by atoms with Crippen molar-refractivity contribution in [2.24, 2.45) is 5.92 Å². The van der Waals surface area contributed by atoms with Crippen molar-refractivity contribution < 1.29 is 9.53 Å². The average Bonchev–Trinajstić information content (AvgIpc) is 3.11. The van der Waals surface area contributed by atoms with Crippen molar-refractivity contribution in [3.8, 4) is 5.75 Å². The second-order valence-corrected chi connectivity index (χ2v) is 5.14. The second-order valence-electron chi connectivity index (χ2n) is 4.22. The maximum atomic E-state index is 12.1. The monoisotopic (exact) mass is 281 g/mol. The summed E-state index contributed by atoms with van der Waals surface area (Å²) in [6.45, 7) is 1.26. The van der Waals surface area contributed by atoms with Gasteiger partial charge in [-0.1, -0.05) is 15.9 Å². The first-order valence-corrected chi connectivity index (χ1v) is 6.29. The molecule has 2 aliphatic rings. The second kappa shape index (κ2) is 3.77. The molecule has 0 aromatic heterocycles. The van der Waals surface area contributed by atoms with Crippen LogP contribution < -0.4 is 9.64 Å². The molecule has 1 amide bonds. The molecule has 4 heteroatoms. The van der Waals surface area contributed by atoms with Crippen molar-refractivity contribution >= 4 is 27.5 Å². The van der Waals surface area contributed by atoms with Crippen molar-refractivity contribution in [3.63, 3.8) is 0 Å². The van der Waals surface area contributed by atoms with E-state index in [4.69, 9.17) is 4.74 Å². The maximum absolute atomic E-state index is 12.1. The zero-order valence-corrected chi connectivity index (χ0v) is 10.4. The van der Waals surface area contributed by atoms with Crippen LogP contribution in [0.15, 0.2) is 22.7 Å². The van der Waals surface area contributed by atoms with Gasteiger partial charge in [0.25, 0.3) is 0 Å². The number of halogens is 1. The number of rotatable bonds is 1. The number of hydrogen-bond donors (Lipinski definition) is 0. The van der Waals surface area contributed by atoms with Crippen LogP contribution in [0.4, 0.5) is 5.69 Å². The van der Waals surface area contributed by atoms with E-state index in [0.29, 0.717) is 13.2 Å². The Morgan fingerprint density at radius 3 is 3.00 bits per heavy atom. The van der Waals surface area contributed by atoms with Gasteiger partial charge in [0.15, 0.2) is 0 Å². The van der Waals surface area contributed by atoms with E-state index < -0.39 is 0 Å². The molecule has 0 saturated heterocycles. The molecule has 1 aliphatic heterocycles. The summed E-state index contributed by atoms with van der Waals surface area (Å²) in [5, 5.41) is 0. The minimum atomic E-state index is 0.252. The van der Waals surface area contributed by atoms with Crippen LogP contribution in [0.5, 0.6) is 5.75 Å². The van der Waals surface area contributed by atoms with Crippen LogP contribution >= 0.6 is 15.9 Å². The van der Waals surface area contributed by atoms with Crippen LogP contribution in [0.3, 0.4) is 0 Å². The van der Waals surface area contributed by atoms with Gasteiger partial charge >= 0.3 is 0 Å². The topological polar surface area (TPSA) is 29.5 Å². The molecule has 0 N–H and O–H groups in total. The molecule has 3 nitrogen and oxygen atoms in total. The third-order valence-electron chi connectivity index (χ3n) is 2.98. The molecule has 16 heavy (non-hydrogen) atoms. The van der Waals surface area contributed by atoms with Crippen LogP contribution in [-0.4, -0.2) is 19.1 Å². The summed E-state index contributed by atoms with van der Waals surface area (Å²) in [7, 11) is 0. The molecule has 84 valence electrons. The number of benzene rings is 1. The summed E-state index contributed by atoms with van der Waals surface area (Å²) in [4.78, 5) is 14.0. The SMILES string of the molecule is O=C(C1CC1)N1CCOc2ccc(Br)cc21. The van der Waals surface area contributed by atoms with Gasteiger partial charge in [-0.05, 0) is 31.0 Å². The number of ether oxygens (including phenoxy) is 1. The number of hydrogen-bond acceptors (Lipinski definition) is 2. The molecule has 0 spiro atoms. The average molecular weight is 282 g/mol. The molecule has 1 aliphatic carbocycles. The van der Waals surface area contributed by atoms with Crippen LogP contribution in [0.1, 0.15) is 12.8 Å². The van der Waals surface area contributed by atoms with Gasteiger partial charge in [0.05, 0.1) is 12.2 Å². The maximum Gasteiger partial charge on any atom is 0.230 e. The van der Waals surface area contributed by atoms with Gasteiger partial charge in [-0.15, -0.1) is 0 Å². The van der Waals surface area contributed by atoms with Crippen molar-refractivity contribution in [1.29, 1.82) is 0 Å². The zero-order valence-electron chi connectivity index (χ0n) is 8.78. The Balaban J connectivity index is 1.97. The lowest BCUT2D eigenvalue weighted by molar-refractivity contribution is -0.120. The van der Waals surface area contributed by atoms with Crippen LogP contribution in [0.2, 0.25) is 0 Å². The Morgan fingerprint density at radius 2 is 2.25 bits per heavy atom. The highest BCUT2D eigenvalue weighted by molar-refractivity contribution is 9.10. The summed E-state index contributed by atoms with van der Waals surface area (Å²) in [6, 6.07) is 5.80. The van der Waals surface area contributed by atoms with E-state index in [1.807, 2.05) is 23.1 Å². The van der Waals surface area contributed by atoms with Crippen molar-refractivity contribution in [3.05, 3.63) is 22.7 Å². The predicted octanol–water partition coefficient (Wildman–Crippen LogP) is 2.58. The smallest absolute Gasteiger partial charge is 0.230 e. The standard InChI is InChI=1S/C12H12BrNO2/c13-9-3-4-11-10(7-9)14(5-6-16-11)12(15)8-1-2-8/h3-4,7-8H,1-2,5-6H2. The van der Waals surface area contributed by atoms with Crippen molar-refractivity contribution in [1.82, 2.24) is 0 Å². The van der Waals surface area contributed by atoms with Crippen LogP contribution in [0, 0.1) is 5.92 Å². The number of anilines is 1. The minimum absolute atomic E-state index is 0.252. The first-order valence-electron chi connectivity index (χ1n) is 5.49. The molecule has 1 fully saturated rings. The number of carbonyl (C=O) groups excluding carboxylic acids is 1. The highest BCUT2D eigenvalue weighted by Crippen LogP contribution is 2.38. The van der Waals surface area contributed by atoms with Gasteiger partial charge in [0.2, 0.25) is 5.91 Å². The molecule has 1 saturated carbocycles. The van der Waals surface area contributed by atoms with E-state index in [1.54, 1.807) is 0 Å². The number of nitrogens with zero attached hydrogens (tertiary/aromatic N) is 1. The molecular formula is C12H12BrNO2. The lowest BCUT2D eigenvalue weighted by Gasteiger charge is -2.29. The zero-order chi connectivity index (χ0) is 11.1. The molecule has 1 aromatic rings. The van der Waals surface area contributed by atoms with Crippen LogP contribution in [0.25, 0.3) is 0 Å². The highest BCUT2D eigenvalue weighted by atomic mass is 79.9.